The fourth-order valence-corrected chi connectivity index (χ4v) is 4.37. The van der Waals surface area contributed by atoms with E-state index in [-0.39, 0.29) is 36.0 Å². The van der Waals surface area contributed by atoms with Crippen LogP contribution in [0.15, 0.2) is 59.7 Å². The second kappa shape index (κ2) is 12.5. The van der Waals surface area contributed by atoms with Gasteiger partial charge in [-0.25, -0.2) is 4.79 Å². The Labute approximate surface area is 229 Å². The number of carboxylic acids is 1. The minimum absolute atomic E-state index is 0.00616. The quantitative estimate of drug-likeness (QED) is 0.0973. The second-order valence-electron chi connectivity index (χ2n) is 9.11. The smallest absolute Gasteiger partial charge is 0.336 e. The highest BCUT2D eigenvalue weighted by molar-refractivity contribution is 6.00. The van der Waals surface area contributed by atoms with Gasteiger partial charge >= 0.3 is 5.97 Å². The first-order valence-electron chi connectivity index (χ1n) is 12.6. The standard InChI is InChI=1S/C29H27N5O6/c1-17-6-9-21-24(14-17)40-25-16-19(35)8-11-22(25)28(21)20-10-7-18(15-23(20)29(38)39)33-27(37)5-2-4-26(36)31-12-3-13-32-34-30/h6-11,14-16,35H,1-5,12-13H2,(H,31,36)(H,33,37)(H,38,39). The molecule has 4 rings (SSSR count). The number of fused-ring (bicyclic) bond motifs is 2. The summed E-state index contributed by atoms with van der Waals surface area (Å²) in [5, 5.41) is 30.2. The van der Waals surface area contributed by atoms with Gasteiger partial charge in [0.05, 0.1) is 5.56 Å². The minimum Gasteiger partial charge on any atom is -0.508 e. The highest BCUT2D eigenvalue weighted by atomic mass is 16.5. The van der Waals surface area contributed by atoms with Crippen LogP contribution in [0.1, 0.15) is 47.2 Å². The molecule has 40 heavy (non-hydrogen) atoms. The SMILES string of the molecule is C=c1ccc2c(c1)Oc1cc(O)ccc1C=2c1ccc(NC(=O)CCCC(=O)NCCCN=[N+]=[N-])cc1C(=O)O. The fraction of sp³-hybridized carbons (Fsp3) is 0.207. The van der Waals surface area contributed by atoms with E-state index in [9.17, 15) is 24.6 Å². The lowest BCUT2D eigenvalue weighted by atomic mass is 9.89. The van der Waals surface area contributed by atoms with E-state index in [2.05, 4.69) is 27.2 Å². The highest BCUT2D eigenvalue weighted by Gasteiger charge is 2.24. The lowest BCUT2D eigenvalue weighted by Gasteiger charge is -2.22. The summed E-state index contributed by atoms with van der Waals surface area (Å²) in [6.07, 6.45) is 1.06. The average molecular weight is 542 g/mol. The zero-order valence-corrected chi connectivity index (χ0v) is 21.5. The van der Waals surface area contributed by atoms with Gasteiger partial charge in [0.15, 0.2) is 0 Å². The van der Waals surface area contributed by atoms with Crippen molar-refractivity contribution < 1.29 is 29.3 Å². The molecule has 0 radical (unpaired) electrons. The molecule has 3 aromatic carbocycles. The minimum atomic E-state index is -1.18. The van der Waals surface area contributed by atoms with E-state index in [1.54, 1.807) is 36.4 Å². The molecule has 1 aliphatic heterocycles. The first-order chi connectivity index (χ1) is 19.3. The molecule has 1 aliphatic rings. The number of nitrogens with one attached hydrogen (secondary N) is 2. The largest absolute Gasteiger partial charge is 0.508 e. The van der Waals surface area contributed by atoms with Gasteiger partial charge in [-0.3, -0.25) is 9.59 Å². The molecule has 0 aliphatic carbocycles. The number of carboxylic acid groups (broad SMARTS) is 1. The van der Waals surface area contributed by atoms with Crippen molar-refractivity contribution in [2.75, 3.05) is 18.4 Å². The second-order valence-corrected chi connectivity index (χ2v) is 9.11. The average Bonchev–Trinajstić information content (AvgIpc) is 2.91. The molecule has 0 aromatic heterocycles. The lowest BCUT2D eigenvalue weighted by molar-refractivity contribution is -0.121. The van der Waals surface area contributed by atoms with E-state index >= 15 is 0 Å². The van der Waals surface area contributed by atoms with E-state index in [0.29, 0.717) is 70.3 Å². The Balaban J connectivity index is 1.53. The van der Waals surface area contributed by atoms with Crippen molar-refractivity contribution in [3.05, 3.63) is 92.2 Å². The third-order valence-electron chi connectivity index (χ3n) is 6.20. The number of carbonyl (C=O) groups excluding carboxylic acids is 2. The van der Waals surface area contributed by atoms with E-state index in [1.165, 1.54) is 18.2 Å². The molecule has 11 nitrogen and oxygen atoms in total. The lowest BCUT2D eigenvalue weighted by Crippen LogP contribution is -2.25. The molecule has 0 unspecified atom stereocenters. The molecule has 0 saturated heterocycles. The maximum Gasteiger partial charge on any atom is 0.336 e. The van der Waals surface area contributed by atoms with Crippen molar-refractivity contribution >= 4 is 35.6 Å². The van der Waals surface area contributed by atoms with Gasteiger partial charge in [-0.1, -0.05) is 29.9 Å². The fourth-order valence-electron chi connectivity index (χ4n) is 4.37. The normalized spacial score (nSPS) is 11.3. The molecule has 0 spiro atoms. The van der Waals surface area contributed by atoms with Crippen LogP contribution in [0.3, 0.4) is 0 Å². The summed E-state index contributed by atoms with van der Waals surface area (Å²) in [5.74, 6) is -0.882. The number of hydrogen-bond donors (Lipinski definition) is 4. The number of aromatic hydroxyl groups is 1. The molecular formula is C29H27N5O6. The topological polar surface area (TPSA) is 174 Å². The summed E-state index contributed by atoms with van der Waals surface area (Å²) < 4.78 is 5.99. The molecule has 0 bridgehead atoms. The number of phenols is 1. The van der Waals surface area contributed by atoms with Gasteiger partial charge in [0.2, 0.25) is 11.8 Å². The van der Waals surface area contributed by atoms with E-state index in [0.717, 1.165) is 0 Å². The molecule has 0 atom stereocenters. The molecule has 0 saturated carbocycles. The number of hydrogen-bond acceptors (Lipinski definition) is 6. The Morgan fingerprint density at radius 1 is 0.950 bits per heavy atom. The number of rotatable bonds is 11. The molecule has 11 heteroatoms. The number of benzene rings is 3. The molecule has 4 N–H and O–H groups in total. The number of amides is 2. The Bertz CT molecular complexity index is 1650. The summed E-state index contributed by atoms with van der Waals surface area (Å²) >= 11 is 0. The van der Waals surface area contributed by atoms with Gasteiger partial charge in [0.1, 0.15) is 17.2 Å². The monoisotopic (exact) mass is 541 g/mol. The van der Waals surface area contributed by atoms with Crippen LogP contribution in [0.4, 0.5) is 5.69 Å². The van der Waals surface area contributed by atoms with Crippen LogP contribution in [0.2, 0.25) is 0 Å². The Morgan fingerprint density at radius 2 is 1.73 bits per heavy atom. The number of ether oxygens (including phenoxy) is 1. The van der Waals surface area contributed by atoms with Crippen molar-refractivity contribution in [1.29, 1.82) is 0 Å². The zero-order chi connectivity index (χ0) is 28.6. The van der Waals surface area contributed by atoms with Gasteiger partial charge in [0.25, 0.3) is 0 Å². The first-order valence-corrected chi connectivity index (χ1v) is 12.6. The first kappa shape index (κ1) is 27.7. The molecule has 0 fully saturated rings. The molecule has 2 amide bonds. The van der Waals surface area contributed by atoms with Crippen LogP contribution in [0.5, 0.6) is 17.2 Å². The van der Waals surface area contributed by atoms with Gasteiger partial charge < -0.3 is 25.6 Å². The maximum absolute atomic E-state index is 12.5. The number of azide groups is 1. The van der Waals surface area contributed by atoms with E-state index in [1.807, 2.05) is 0 Å². The number of phenolic OH excluding ortho intramolecular Hbond substituents is 1. The van der Waals surface area contributed by atoms with Crippen LogP contribution >= 0.6 is 0 Å². The van der Waals surface area contributed by atoms with Crippen molar-refractivity contribution in [3.8, 4) is 17.2 Å². The molecule has 204 valence electrons. The number of anilines is 1. The number of carbonyl (C=O) groups is 3. The van der Waals surface area contributed by atoms with E-state index in [4.69, 9.17) is 10.3 Å². The highest BCUT2D eigenvalue weighted by Crippen LogP contribution is 2.39. The van der Waals surface area contributed by atoms with Crippen LogP contribution in [0.25, 0.3) is 22.6 Å². The third kappa shape index (κ3) is 6.58. The third-order valence-corrected chi connectivity index (χ3v) is 6.20. The molecular weight excluding hydrogens is 514 g/mol. The Kier molecular flexibility index (Phi) is 8.68. The van der Waals surface area contributed by atoms with Crippen molar-refractivity contribution in [2.24, 2.45) is 5.11 Å². The van der Waals surface area contributed by atoms with Gasteiger partial charge in [-0.05, 0) is 59.5 Å². The van der Waals surface area contributed by atoms with E-state index < -0.39 is 5.97 Å². The zero-order valence-electron chi connectivity index (χ0n) is 21.5. The summed E-state index contributed by atoms with van der Waals surface area (Å²) in [7, 11) is 0. The Morgan fingerprint density at radius 3 is 2.50 bits per heavy atom. The van der Waals surface area contributed by atoms with Crippen molar-refractivity contribution in [1.82, 2.24) is 5.32 Å². The maximum atomic E-state index is 12.5. The predicted molar refractivity (Wildman–Crippen MR) is 149 cm³/mol. The number of aromatic carboxylic acids is 1. The van der Waals surface area contributed by atoms with Gasteiger partial charge in [-0.15, -0.1) is 0 Å². The van der Waals surface area contributed by atoms with Crippen LogP contribution in [0, 0.1) is 0 Å². The summed E-state index contributed by atoms with van der Waals surface area (Å²) in [5.41, 5.74) is 10.1. The number of nitrogens with zero attached hydrogens (tertiary/aromatic N) is 3. The Hall–Kier alpha value is -5.28. The summed E-state index contributed by atoms with van der Waals surface area (Å²) in [4.78, 5) is 39.4. The summed E-state index contributed by atoms with van der Waals surface area (Å²) in [6, 6.07) is 14.6. The van der Waals surface area contributed by atoms with Crippen molar-refractivity contribution in [3.63, 3.8) is 0 Å². The summed E-state index contributed by atoms with van der Waals surface area (Å²) in [6.45, 7) is 4.61. The van der Waals surface area contributed by atoms with Gasteiger partial charge in [0, 0.05) is 59.0 Å². The molecule has 3 aromatic rings. The van der Waals surface area contributed by atoms with Crippen LogP contribution < -0.4 is 25.8 Å². The molecule has 1 heterocycles. The van der Waals surface area contributed by atoms with Crippen molar-refractivity contribution in [2.45, 2.75) is 25.7 Å². The van der Waals surface area contributed by atoms with Crippen LogP contribution in [-0.4, -0.2) is 41.1 Å². The predicted octanol–water partition coefficient (Wildman–Crippen LogP) is 3.78. The van der Waals surface area contributed by atoms with Crippen LogP contribution in [-0.2, 0) is 9.59 Å². The van der Waals surface area contributed by atoms with Gasteiger partial charge in [-0.2, -0.15) is 0 Å².